The number of carbonyl (C=O) groups excluding carboxylic acids is 1. The number of hydrogen-bond donors (Lipinski definition) is 1. The van der Waals surface area contributed by atoms with Gasteiger partial charge >= 0.3 is 0 Å². The van der Waals surface area contributed by atoms with E-state index in [-0.39, 0.29) is 22.7 Å². The lowest BCUT2D eigenvalue weighted by molar-refractivity contribution is 0.0827. The Morgan fingerprint density at radius 3 is 2.18 bits per heavy atom. The first-order valence-electron chi connectivity index (χ1n) is 11.4. The molecule has 204 valence electrons. The molecule has 0 saturated carbocycles. The van der Waals surface area contributed by atoms with Gasteiger partial charge in [-0.25, -0.2) is 14.4 Å². The molecule has 3 aromatic heterocycles. The second kappa shape index (κ2) is 19.9. The van der Waals surface area contributed by atoms with E-state index >= 15 is 0 Å². The zero-order valence-electron chi connectivity index (χ0n) is 22.9. The molecule has 0 aliphatic carbocycles. The number of hydrogen-bond acceptors (Lipinski definition) is 6. The fraction of sp³-hybridized carbons (Fsp3) is 0.321. The van der Waals surface area contributed by atoms with Gasteiger partial charge in [-0.1, -0.05) is 38.8 Å². The number of amides is 1. The van der Waals surface area contributed by atoms with Crippen molar-refractivity contribution in [3.63, 3.8) is 0 Å². The molecule has 0 atom stereocenters. The summed E-state index contributed by atoms with van der Waals surface area (Å²) in [7, 11) is 6.62. The summed E-state index contributed by atoms with van der Waals surface area (Å²) < 4.78 is 14.9. The summed E-state index contributed by atoms with van der Waals surface area (Å²) >= 11 is 5.61. The van der Waals surface area contributed by atoms with E-state index in [2.05, 4.69) is 66.7 Å². The van der Waals surface area contributed by atoms with Crippen LogP contribution in [0.15, 0.2) is 47.7 Å². The molecule has 0 aliphatic heterocycles. The second-order valence-corrected chi connectivity index (χ2v) is 8.22. The van der Waals surface area contributed by atoms with Gasteiger partial charge in [0.05, 0.1) is 11.9 Å². The minimum atomic E-state index is -0.504. The van der Waals surface area contributed by atoms with E-state index in [9.17, 15) is 14.0 Å². The van der Waals surface area contributed by atoms with Crippen molar-refractivity contribution in [2.24, 2.45) is 13.0 Å². The molecule has 0 saturated heterocycles. The molecule has 0 aliphatic rings. The zero-order valence-corrected chi connectivity index (χ0v) is 23.7. The Morgan fingerprint density at radius 2 is 1.74 bits per heavy atom. The summed E-state index contributed by atoms with van der Waals surface area (Å²) in [5.41, 5.74) is 0.849. The Morgan fingerprint density at radius 1 is 1.16 bits per heavy atom. The SMILES string of the molecule is C#C.C#C.CCC(C)C.CN(C)C(=O)c1ccnc(Cl)c1.CNc1nc(-c2ccncc2F)cc(=O)n1C. The van der Waals surface area contributed by atoms with Gasteiger partial charge in [0.15, 0.2) is 5.82 Å². The van der Waals surface area contributed by atoms with Gasteiger partial charge in [0.2, 0.25) is 5.95 Å². The Bertz CT molecular complexity index is 1220. The highest BCUT2D eigenvalue weighted by Crippen LogP contribution is 2.19. The van der Waals surface area contributed by atoms with Crippen molar-refractivity contribution < 1.29 is 9.18 Å². The summed E-state index contributed by atoms with van der Waals surface area (Å²) in [6.07, 6.45) is 21.4. The van der Waals surface area contributed by atoms with Crippen LogP contribution in [0.2, 0.25) is 5.15 Å². The summed E-state index contributed by atoms with van der Waals surface area (Å²) in [5.74, 6) is 0.688. The molecule has 1 N–H and O–H groups in total. The van der Waals surface area contributed by atoms with Crippen LogP contribution in [0, 0.1) is 37.4 Å². The number of nitrogens with one attached hydrogen (secondary N) is 1. The Labute approximate surface area is 230 Å². The molecule has 10 heteroatoms. The van der Waals surface area contributed by atoms with Crippen molar-refractivity contribution in [2.45, 2.75) is 27.2 Å². The number of terminal acetylenes is 2. The lowest BCUT2D eigenvalue weighted by atomic mass is 10.2. The fourth-order valence-electron chi connectivity index (χ4n) is 2.28. The highest BCUT2D eigenvalue weighted by molar-refractivity contribution is 6.29. The molecule has 3 rings (SSSR count). The number of aromatic nitrogens is 4. The normalized spacial score (nSPS) is 9.00. The third kappa shape index (κ3) is 12.7. The van der Waals surface area contributed by atoms with Crippen molar-refractivity contribution in [1.82, 2.24) is 24.4 Å². The molecule has 0 unspecified atom stereocenters. The maximum atomic E-state index is 13.5. The van der Waals surface area contributed by atoms with E-state index in [1.807, 2.05) is 0 Å². The molecule has 0 radical (unpaired) electrons. The third-order valence-corrected chi connectivity index (χ3v) is 4.81. The zero-order chi connectivity index (χ0) is 29.8. The van der Waals surface area contributed by atoms with E-state index in [1.165, 1.54) is 40.4 Å². The number of rotatable bonds is 4. The van der Waals surface area contributed by atoms with Crippen molar-refractivity contribution in [1.29, 1.82) is 0 Å². The number of anilines is 1. The number of halogens is 2. The Balaban J connectivity index is 0. The predicted molar refractivity (Wildman–Crippen MR) is 154 cm³/mol. The van der Waals surface area contributed by atoms with Gasteiger partial charge in [-0.3, -0.25) is 19.1 Å². The van der Waals surface area contributed by atoms with E-state index in [4.69, 9.17) is 11.6 Å². The quantitative estimate of drug-likeness (QED) is 0.368. The maximum Gasteiger partial charge on any atom is 0.255 e. The van der Waals surface area contributed by atoms with Crippen LogP contribution in [0.5, 0.6) is 0 Å². The van der Waals surface area contributed by atoms with Crippen LogP contribution >= 0.6 is 11.6 Å². The van der Waals surface area contributed by atoms with Crippen LogP contribution in [-0.2, 0) is 7.05 Å². The lowest BCUT2D eigenvalue weighted by Gasteiger charge is -2.09. The van der Waals surface area contributed by atoms with Gasteiger partial charge in [0, 0.05) is 57.8 Å². The van der Waals surface area contributed by atoms with Gasteiger partial charge in [0.25, 0.3) is 11.5 Å². The van der Waals surface area contributed by atoms with Gasteiger partial charge in [0.1, 0.15) is 5.15 Å². The minimum Gasteiger partial charge on any atom is -0.359 e. The van der Waals surface area contributed by atoms with Crippen LogP contribution in [0.4, 0.5) is 10.3 Å². The Kier molecular flexibility index (Phi) is 18.8. The molecule has 0 aromatic carbocycles. The van der Waals surface area contributed by atoms with Crippen LogP contribution in [0.25, 0.3) is 11.3 Å². The molecular weight excluding hydrogens is 507 g/mol. The molecule has 8 nitrogen and oxygen atoms in total. The number of pyridine rings is 2. The topological polar surface area (TPSA) is 93.0 Å². The van der Waals surface area contributed by atoms with E-state index in [0.717, 1.165) is 12.1 Å². The largest absolute Gasteiger partial charge is 0.359 e. The summed E-state index contributed by atoms with van der Waals surface area (Å²) in [6.45, 7) is 6.64. The Hall–Kier alpha value is -4.21. The molecule has 38 heavy (non-hydrogen) atoms. The van der Waals surface area contributed by atoms with Crippen molar-refractivity contribution in [3.05, 3.63) is 69.7 Å². The van der Waals surface area contributed by atoms with Crippen molar-refractivity contribution >= 4 is 23.5 Å². The molecule has 0 bridgehead atoms. The van der Waals surface area contributed by atoms with Crippen molar-refractivity contribution in [2.75, 3.05) is 26.5 Å². The summed E-state index contributed by atoms with van der Waals surface area (Å²) in [5, 5.41) is 3.12. The standard InChI is InChI=1S/C11H11FN4O.C8H9ClN2O.C5H12.2C2H2/c1-13-11-15-9(5-10(17)16(11)2)7-3-4-14-6-8(7)12;1-11(2)8(12)6-3-4-10-7(9)5-6;1-4-5(2)3;2*1-2/h3-6H,1-2H3,(H,13,15);3-5H,1-2H3;5H,4H2,1-3H3;2*1-2H. The molecule has 3 aromatic rings. The highest BCUT2D eigenvalue weighted by Gasteiger charge is 2.10. The molecule has 1 amide bonds. The van der Waals surface area contributed by atoms with Crippen LogP contribution < -0.4 is 10.9 Å². The lowest BCUT2D eigenvalue weighted by Crippen LogP contribution is -2.21. The third-order valence-electron chi connectivity index (χ3n) is 4.60. The van der Waals surface area contributed by atoms with Crippen LogP contribution in [-0.4, -0.2) is 51.5 Å². The van der Waals surface area contributed by atoms with Crippen molar-refractivity contribution in [3.8, 4) is 37.0 Å². The van der Waals surface area contributed by atoms with Gasteiger partial charge < -0.3 is 10.2 Å². The molecule has 0 fully saturated rings. The molecule has 3 heterocycles. The van der Waals surface area contributed by atoms with Crippen LogP contribution in [0.3, 0.4) is 0 Å². The van der Waals surface area contributed by atoms with E-state index in [0.29, 0.717) is 16.7 Å². The average molecular weight is 543 g/mol. The number of carbonyl (C=O) groups is 1. The van der Waals surface area contributed by atoms with E-state index < -0.39 is 5.82 Å². The smallest absolute Gasteiger partial charge is 0.255 e. The highest BCUT2D eigenvalue weighted by atomic mass is 35.5. The summed E-state index contributed by atoms with van der Waals surface area (Å²) in [4.78, 5) is 36.1. The minimum absolute atomic E-state index is 0.0701. The number of nitrogens with zero attached hydrogens (tertiary/aromatic N) is 5. The predicted octanol–water partition coefficient (Wildman–Crippen LogP) is 5.01. The second-order valence-electron chi connectivity index (χ2n) is 7.84. The summed E-state index contributed by atoms with van der Waals surface area (Å²) in [6, 6.07) is 5.95. The first-order valence-corrected chi connectivity index (χ1v) is 11.7. The monoisotopic (exact) mass is 542 g/mol. The van der Waals surface area contributed by atoms with Gasteiger partial charge in [-0.2, -0.15) is 0 Å². The first-order chi connectivity index (χ1) is 18.0. The molecule has 0 spiro atoms. The van der Waals surface area contributed by atoms with E-state index in [1.54, 1.807) is 40.3 Å². The fourth-order valence-corrected chi connectivity index (χ4v) is 2.45. The van der Waals surface area contributed by atoms with Crippen LogP contribution in [0.1, 0.15) is 37.6 Å². The maximum absolute atomic E-state index is 13.5. The van der Waals surface area contributed by atoms with Gasteiger partial charge in [-0.05, 0) is 24.1 Å². The molecular formula is C28H36ClFN6O2. The van der Waals surface area contributed by atoms with Gasteiger partial charge in [-0.15, -0.1) is 25.7 Å². The average Bonchev–Trinajstić information content (AvgIpc) is 2.93. The first kappa shape index (κ1) is 35.9.